The molecule has 0 amide bonds. The Morgan fingerprint density at radius 1 is 1.04 bits per heavy atom. The summed E-state index contributed by atoms with van der Waals surface area (Å²) in [6.07, 6.45) is 0. The number of rotatable bonds is 9. The van der Waals surface area contributed by atoms with Crippen molar-refractivity contribution in [3.63, 3.8) is 0 Å². The summed E-state index contributed by atoms with van der Waals surface area (Å²) in [4.78, 5) is 4.65. The normalized spacial score (nSPS) is 11.1. The van der Waals surface area contributed by atoms with E-state index in [2.05, 4.69) is 15.6 Å². The molecular formula is C21H28ClN3O3. The summed E-state index contributed by atoms with van der Waals surface area (Å²) in [7, 11) is 3.22. The fourth-order valence-electron chi connectivity index (χ4n) is 2.64. The van der Waals surface area contributed by atoms with Crippen molar-refractivity contribution in [1.82, 2.24) is 10.6 Å². The van der Waals surface area contributed by atoms with E-state index >= 15 is 0 Å². The zero-order valence-electron chi connectivity index (χ0n) is 16.8. The summed E-state index contributed by atoms with van der Waals surface area (Å²) in [6.45, 7) is 6.27. The highest BCUT2D eigenvalue weighted by atomic mass is 35.5. The van der Waals surface area contributed by atoms with Crippen molar-refractivity contribution in [1.29, 1.82) is 0 Å². The molecule has 0 radical (unpaired) electrons. The average Bonchev–Trinajstić information content (AvgIpc) is 2.71. The van der Waals surface area contributed by atoms with Crippen LogP contribution in [-0.4, -0.2) is 33.3 Å². The molecule has 28 heavy (non-hydrogen) atoms. The van der Waals surface area contributed by atoms with E-state index in [1.165, 1.54) is 0 Å². The number of hydrogen-bond donors (Lipinski definition) is 2. The number of guanidine groups is 1. The van der Waals surface area contributed by atoms with E-state index < -0.39 is 0 Å². The predicted molar refractivity (Wildman–Crippen MR) is 114 cm³/mol. The lowest BCUT2D eigenvalue weighted by Crippen LogP contribution is -2.36. The van der Waals surface area contributed by atoms with E-state index in [4.69, 9.17) is 25.8 Å². The van der Waals surface area contributed by atoms with Crippen LogP contribution in [0.3, 0.4) is 0 Å². The van der Waals surface area contributed by atoms with E-state index in [-0.39, 0.29) is 0 Å². The highest BCUT2D eigenvalue weighted by Gasteiger charge is 2.14. The van der Waals surface area contributed by atoms with Gasteiger partial charge in [0.05, 0.1) is 27.4 Å². The molecule has 6 nitrogen and oxygen atoms in total. The van der Waals surface area contributed by atoms with E-state index in [0.717, 1.165) is 22.7 Å². The number of ether oxygens (including phenoxy) is 3. The van der Waals surface area contributed by atoms with Gasteiger partial charge in [0.1, 0.15) is 0 Å². The van der Waals surface area contributed by atoms with Gasteiger partial charge in [0.2, 0.25) is 5.75 Å². The third-order valence-corrected chi connectivity index (χ3v) is 4.35. The predicted octanol–water partition coefficient (Wildman–Crippen LogP) is 4.01. The third kappa shape index (κ3) is 5.96. The van der Waals surface area contributed by atoms with Crippen LogP contribution in [0.4, 0.5) is 0 Å². The standard InChI is InChI=1S/C21H28ClN3O3/c1-5-23-21(25-14-16-9-7-8-10-17(16)22)24-13-15-11-18(26-3)20(28-6-2)19(12-15)27-4/h7-12H,5-6,13-14H2,1-4H3,(H2,23,24,25). The van der Waals surface area contributed by atoms with Gasteiger partial charge in [-0.05, 0) is 43.2 Å². The average molecular weight is 406 g/mol. The SMILES string of the molecule is CCNC(=NCc1cc(OC)c(OCC)c(OC)c1)NCc1ccccc1Cl. The van der Waals surface area contributed by atoms with E-state index in [0.29, 0.717) is 42.9 Å². The number of benzene rings is 2. The molecule has 2 aromatic carbocycles. The maximum atomic E-state index is 6.23. The second-order valence-electron chi connectivity index (χ2n) is 5.90. The zero-order valence-corrected chi connectivity index (χ0v) is 17.6. The van der Waals surface area contributed by atoms with Crippen molar-refractivity contribution < 1.29 is 14.2 Å². The van der Waals surface area contributed by atoms with Crippen molar-refractivity contribution in [3.8, 4) is 17.2 Å². The van der Waals surface area contributed by atoms with Gasteiger partial charge in [-0.25, -0.2) is 4.99 Å². The number of methoxy groups -OCH3 is 2. The zero-order chi connectivity index (χ0) is 20.4. The van der Waals surface area contributed by atoms with Gasteiger partial charge in [-0.2, -0.15) is 0 Å². The highest BCUT2D eigenvalue weighted by Crippen LogP contribution is 2.38. The van der Waals surface area contributed by atoms with Crippen molar-refractivity contribution in [2.24, 2.45) is 4.99 Å². The van der Waals surface area contributed by atoms with Gasteiger partial charge in [-0.1, -0.05) is 29.8 Å². The first-order valence-corrected chi connectivity index (χ1v) is 9.63. The molecule has 7 heteroatoms. The lowest BCUT2D eigenvalue weighted by atomic mass is 10.2. The molecule has 0 unspecified atom stereocenters. The fraction of sp³-hybridized carbons (Fsp3) is 0.381. The number of aliphatic imine (C=N–C) groups is 1. The van der Waals surface area contributed by atoms with Crippen LogP contribution in [0.1, 0.15) is 25.0 Å². The molecule has 0 aliphatic carbocycles. The van der Waals surface area contributed by atoms with Gasteiger partial charge in [-0.3, -0.25) is 0 Å². The highest BCUT2D eigenvalue weighted by molar-refractivity contribution is 6.31. The first-order valence-electron chi connectivity index (χ1n) is 9.26. The van der Waals surface area contributed by atoms with Gasteiger partial charge in [0, 0.05) is 18.1 Å². The molecule has 0 fully saturated rings. The van der Waals surface area contributed by atoms with E-state index in [1.54, 1.807) is 14.2 Å². The Labute approximate surface area is 171 Å². The van der Waals surface area contributed by atoms with Crippen LogP contribution in [0.25, 0.3) is 0 Å². The van der Waals surface area contributed by atoms with Crippen LogP contribution < -0.4 is 24.8 Å². The molecule has 0 saturated heterocycles. The molecule has 2 N–H and O–H groups in total. The van der Waals surface area contributed by atoms with Crippen LogP contribution in [0.2, 0.25) is 5.02 Å². The van der Waals surface area contributed by atoms with Gasteiger partial charge in [-0.15, -0.1) is 0 Å². The maximum Gasteiger partial charge on any atom is 0.203 e. The van der Waals surface area contributed by atoms with E-state index in [1.807, 2.05) is 50.2 Å². The molecule has 0 aliphatic heterocycles. The fourth-order valence-corrected chi connectivity index (χ4v) is 2.85. The van der Waals surface area contributed by atoms with Gasteiger partial charge >= 0.3 is 0 Å². The maximum absolute atomic E-state index is 6.23. The Kier molecular flexibility index (Phi) is 8.75. The van der Waals surface area contributed by atoms with Gasteiger partial charge in [0.15, 0.2) is 17.5 Å². The van der Waals surface area contributed by atoms with E-state index in [9.17, 15) is 0 Å². The largest absolute Gasteiger partial charge is 0.493 e. The minimum Gasteiger partial charge on any atom is -0.493 e. The van der Waals surface area contributed by atoms with Crippen LogP contribution in [0.5, 0.6) is 17.2 Å². The second kappa shape index (κ2) is 11.3. The summed E-state index contributed by atoms with van der Waals surface area (Å²) < 4.78 is 16.6. The summed E-state index contributed by atoms with van der Waals surface area (Å²) in [5.41, 5.74) is 1.96. The summed E-state index contributed by atoms with van der Waals surface area (Å²) >= 11 is 6.23. The lowest BCUT2D eigenvalue weighted by molar-refractivity contribution is 0.288. The molecule has 0 atom stereocenters. The molecular weight excluding hydrogens is 378 g/mol. The summed E-state index contributed by atoms with van der Waals surface area (Å²) in [5.74, 6) is 2.55. The number of hydrogen-bond acceptors (Lipinski definition) is 4. The minimum absolute atomic E-state index is 0.455. The molecule has 0 spiro atoms. The van der Waals surface area contributed by atoms with Crippen LogP contribution in [0, 0.1) is 0 Å². The number of nitrogens with one attached hydrogen (secondary N) is 2. The smallest absolute Gasteiger partial charge is 0.203 e. The van der Waals surface area contributed by atoms with Crippen molar-refractivity contribution in [2.75, 3.05) is 27.4 Å². The van der Waals surface area contributed by atoms with Crippen molar-refractivity contribution >= 4 is 17.6 Å². The van der Waals surface area contributed by atoms with Crippen LogP contribution >= 0.6 is 11.6 Å². The van der Waals surface area contributed by atoms with Crippen molar-refractivity contribution in [3.05, 3.63) is 52.5 Å². The number of halogens is 1. The quantitative estimate of drug-likeness (QED) is 0.487. The monoisotopic (exact) mass is 405 g/mol. The van der Waals surface area contributed by atoms with Crippen molar-refractivity contribution in [2.45, 2.75) is 26.9 Å². The Morgan fingerprint density at radius 2 is 1.71 bits per heavy atom. The van der Waals surface area contributed by atoms with Gasteiger partial charge in [0.25, 0.3) is 0 Å². The molecule has 0 saturated carbocycles. The molecule has 0 aromatic heterocycles. The van der Waals surface area contributed by atoms with Crippen LogP contribution in [0.15, 0.2) is 41.4 Å². The molecule has 2 rings (SSSR count). The molecule has 0 heterocycles. The Balaban J connectivity index is 2.16. The Morgan fingerprint density at radius 3 is 2.29 bits per heavy atom. The van der Waals surface area contributed by atoms with Crippen LogP contribution in [-0.2, 0) is 13.1 Å². The third-order valence-electron chi connectivity index (χ3n) is 3.98. The second-order valence-corrected chi connectivity index (χ2v) is 6.31. The molecule has 152 valence electrons. The summed E-state index contributed by atoms with van der Waals surface area (Å²) in [6, 6.07) is 11.6. The summed E-state index contributed by atoms with van der Waals surface area (Å²) in [5, 5.41) is 7.27. The molecule has 0 bridgehead atoms. The molecule has 0 aliphatic rings. The topological polar surface area (TPSA) is 64.1 Å². The minimum atomic E-state index is 0.455. The van der Waals surface area contributed by atoms with Gasteiger partial charge < -0.3 is 24.8 Å². The Bertz CT molecular complexity index is 771. The lowest BCUT2D eigenvalue weighted by Gasteiger charge is -2.15. The first-order chi connectivity index (χ1) is 13.6. The number of nitrogens with zero attached hydrogens (tertiary/aromatic N) is 1. The molecule has 2 aromatic rings. The first kappa shape index (κ1) is 21.7. The Hall–Kier alpha value is -2.60.